The Balaban J connectivity index is 2.43. The van der Waals surface area contributed by atoms with E-state index in [1.165, 1.54) is 0 Å². The van der Waals surface area contributed by atoms with Gasteiger partial charge in [-0.2, -0.15) is 0 Å². The molecule has 0 radical (unpaired) electrons. The molecule has 0 aliphatic rings. The molecular weight excluding hydrogens is 303 g/mol. The molecule has 0 spiro atoms. The lowest BCUT2D eigenvalue weighted by atomic mass is 10.2. The highest BCUT2D eigenvalue weighted by Crippen LogP contribution is 2.22. The van der Waals surface area contributed by atoms with Crippen LogP contribution in [0, 0.1) is 0 Å². The van der Waals surface area contributed by atoms with E-state index >= 15 is 0 Å². The van der Waals surface area contributed by atoms with Crippen LogP contribution in [0.1, 0.15) is 18.9 Å². The van der Waals surface area contributed by atoms with Crippen LogP contribution in [-0.4, -0.2) is 24.9 Å². The molecule has 0 aliphatic heterocycles. The Morgan fingerprint density at radius 1 is 1.37 bits per heavy atom. The van der Waals surface area contributed by atoms with Crippen molar-refractivity contribution in [2.45, 2.75) is 25.9 Å². The number of rotatable bonds is 6. The maximum Gasteiger partial charge on any atom is 0.166 e. The maximum atomic E-state index is 5.95. The van der Waals surface area contributed by atoms with Crippen molar-refractivity contribution in [3.05, 3.63) is 33.8 Å². The second-order valence-electron chi connectivity index (χ2n) is 4.14. The average molecular weight is 321 g/mol. The molecule has 2 N–H and O–H groups in total. The summed E-state index contributed by atoms with van der Waals surface area (Å²) in [7, 11) is 1.68. The molecule has 0 bridgehead atoms. The number of ether oxygens (including phenoxy) is 1. The molecule has 1 rings (SSSR count). The van der Waals surface area contributed by atoms with Gasteiger partial charge in [0.15, 0.2) is 5.11 Å². The Kier molecular flexibility index (Phi) is 7.46. The highest BCUT2D eigenvalue weighted by molar-refractivity contribution is 7.80. The fraction of sp³-hybridized carbons (Fsp3) is 0.462. The molecular formula is C13H18Cl2N2OS. The van der Waals surface area contributed by atoms with E-state index in [2.05, 4.69) is 17.6 Å². The zero-order valence-corrected chi connectivity index (χ0v) is 13.3. The van der Waals surface area contributed by atoms with Crippen LogP contribution in [0.4, 0.5) is 0 Å². The molecule has 0 aliphatic carbocycles. The van der Waals surface area contributed by atoms with Crippen molar-refractivity contribution in [2.75, 3.05) is 13.7 Å². The van der Waals surface area contributed by atoms with Gasteiger partial charge in [0, 0.05) is 13.7 Å². The first-order chi connectivity index (χ1) is 9.06. The van der Waals surface area contributed by atoms with E-state index in [1.807, 2.05) is 12.1 Å². The zero-order chi connectivity index (χ0) is 14.3. The van der Waals surface area contributed by atoms with Gasteiger partial charge in [-0.1, -0.05) is 36.2 Å². The molecule has 0 saturated heterocycles. The molecule has 1 unspecified atom stereocenters. The lowest BCUT2D eigenvalue weighted by molar-refractivity contribution is 0.172. The van der Waals surface area contributed by atoms with Crippen molar-refractivity contribution in [2.24, 2.45) is 0 Å². The minimum Gasteiger partial charge on any atom is -0.383 e. The molecule has 106 valence electrons. The number of nitrogens with one attached hydrogen (secondary N) is 2. The summed E-state index contributed by atoms with van der Waals surface area (Å²) >= 11 is 17.0. The highest BCUT2D eigenvalue weighted by Gasteiger charge is 2.07. The van der Waals surface area contributed by atoms with E-state index < -0.39 is 0 Å². The van der Waals surface area contributed by atoms with Crippen LogP contribution in [0.2, 0.25) is 10.0 Å². The SMILES string of the molecule is CCC(COC)NC(=S)NCc1ccc(Cl)c(Cl)c1. The standard InChI is InChI=1S/C13H18Cl2N2OS/c1-3-10(8-18-2)17-13(19)16-7-9-4-5-11(14)12(15)6-9/h4-6,10H,3,7-8H2,1-2H3,(H2,16,17,19). The third-order valence-corrected chi connectivity index (χ3v) is 3.63. The quantitative estimate of drug-likeness (QED) is 0.787. The molecule has 0 heterocycles. The number of hydrogen-bond donors (Lipinski definition) is 2. The average Bonchev–Trinajstić information content (AvgIpc) is 2.39. The van der Waals surface area contributed by atoms with Crippen molar-refractivity contribution in [3.63, 3.8) is 0 Å². The van der Waals surface area contributed by atoms with Crippen molar-refractivity contribution in [1.82, 2.24) is 10.6 Å². The first-order valence-electron chi connectivity index (χ1n) is 6.04. The van der Waals surface area contributed by atoms with E-state index in [1.54, 1.807) is 13.2 Å². The van der Waals surface area contributed by atoms with E-state index in [4.69, 9.17) is 40.2 Å². The van der Waals surface area contributed by atoms with Crippen molar-refractivity contribution < 1.29 is 4.74 Å². The highest BCUT2D eigenvalue weighted by atomic mass is 35.5. The van der Waals surface area contributed by atoms with E-state index in [-0.39, 0.29) is 6.04 Å². The summed E-state index contributed by atoms with van der Waals surface area (Å²) in [5, 5.41) is 8.04. The first kappa shape index (κ1) is 16.5. The summed E-state index contributed by atoms with van der Waals surface area (Å²) in [6.45, 7) is 3.31. The molecule has 1 atom stereocenters. The predicted octanol–water partition coefficient (Wildman–Crippen LogP) is 3.38. The van der Waals surface area contributed by atoms with Gasteiger partial charge >= 0.3 is 0 Å². The maximum absolute atomic E-state index is 5.95. The Morgan fingerprint density at radius 3 is 2.68 bits per heavy atom. The normalized spacial score (nSPS) is 12.0. The van der Waals surface area contributed by atoms with Gasteiger partial charge in [0.25, 0.3) is 0 Å². The topological polar surface area (TPSA) is 33.3 Å². The number of thiocarbonyl (C=S) groups is 1. The summed E-state index contributed by atoms with van der Waals surface area (Å²) in [4.78, 5) is 0. The molecule has 0 amide bonds. The number of methoxy groups -OCH3 is 1. The number of hydrogen-bond acceptors (Lipinski definition) is 2. The summed E-state index contributed by atoms with van der Waals surface area (Å²) in [5.41, 5.74) is 1.03. The van der Waals surface area contributed by atoms with Gasteiger partial charge in [-0.15, -0.1) is 0 Å². The smallest absolute Gasteiger partial charge is 0.166 e. The van der Waals surface area contributed by atoms with Gasteiger partial charge in [0.05, 0.1) is 22.7 Å². The Hall–Kier alpha value is -0.550. The molecule has 0 fully saturated rings. The molecule has 1 aromatic rings. The van der Waals surface area contributed by atoms with Gasteiger partial charge < -0.3 is 15.4 Å². The van der Waals surface area contributed by atoms with Crippen LogP contribution in [0.15, 0.2) is 18.2 Å². The molecule has 6 heteroatoms. The molecule has 19 heavy (non-hydrogen) atoms. The first-order valence-corrected chi connectivity index (χ1v) is 7.20. The lowest BCUT2D eigenvalue weighted by Crippen LogP contribution is -2.43. The molecule has 0 aromatic heterocycles. The number of benzene rings is 1. The van der Waals surface area contributed by atoms with Gasteiger partial charge in [-0.05, 0) is 36.3 Å². The minimum absolute atomic E-state index is 0.221. The van der Waals surface area contributed by atoms with Crippen molar-refractivity contribution in [3.8, 4) is 0 Å². The van der Waals surface area contributed by atoms with Crippen LogP contribution < -0.4 is 10.6 Å². The van der Waals surface area contributed by atoms with Crippen LogP contribution in [0.5, 0.6) is 0 Å². The van der Waals surface area contributed by atoms with Gasteiger partial charge in [-0.3, -0.25) is 0 Å². The fourth-order valence-corrected chi connectivity index (χ4v) is 2.09. The lowest BCUT2D eigenvalue weighted by Gasteiger charge is -2.18. The summed E-state index contributed by atoms with van der Waals surface area (Å²) in [6, 6.07) is 5.73. The fourth-order valence-electron chi connectivity index (χ4n) is 1.53. The van der Waals surface area contributed by atoms with Gasteiger partial charge in [-0.25, -0.2) is 0 Å². The van der Waals surface area contributed by atoms with Crippen LogP contribution in [0.25, 0.3) is 0 Å². The molecule has 1 aromatic carbocycles. The van der Waals surface area contributed by atoms with Crippen molar-refractivity contribution in [1.29, 1.82) is 0 Å². The zero-order valence-electron chi connectivity index (χ0n) is 11.0. The Morgan fingerprint density at radius 2 is 2.11 bits per heavy atom. The van der Waals surface area contributed by atoms with Gasteiger partial charge in [0.1, 0.15) is 0 Å². The third-order valence-electron chi connectivity index (χ3n) is 2.63. The molecule has 0 saturated carbocycles. The molecule has 3 nitrogen and oxygen atoms in total. The van der Waals surface area contributed by atoms with Crippen molar-refractivity contribution >= 4 is 40.5 Å². The predicted molar refractivity (Wildman–Crippen MR) is 85.0 cm³/mol. The summed E-state index contributed by atoms with van der Waals surface area (Å²) in [5.74, 6) is 0. The van der Waals surface area contributed by atoms with Crippen LogP contribution >= 0.6 is 35.4 Å². The second-order valence-corrected chi connectivity index (χ2v) is 5.36. The second kappa shape index (κ2) is 8.59. The van der Waals surface area contributed by atoms with E-state index in [0.29, 0.717) is 28.3 Å². The monoisotopic (exact) mass is 320 g/mol. The van der Waals surface area contributed by atoms with E-state index in [0.717, 1.165) is 12.0 Å². The Labute approximate surface area is 129 Å². The summed E-state index contributed by atoms with van der Waals surface area (Å²) in [6.07, 6.45) is 0.947. The number of halogens is 2. The summed E-state index contributed by atoms with van der Waals surface area (Å²) < 4.78 is 5.11. The van der Waals surface area contributed by atoms with Crippen LogP contribution in [0.3, 0.4) is 0 Å². The van der Waals surface area contributed by atoms with Crippen LogP contribution in [-0.2, 0) is 11.3 Å². The Bertz CT molecular complexity index is 429. The third kappa shape index (κ3) is 5.95. The van der Waals surface area contributed by atoms with E-state index in [9.17, 15) is 0 Å². The van der Waals surface area contributed by atoms with Gasteiger partial charge in [0.2, 0.25) is 0 Å². The minimum atomic E-state index is 0.221. The largest absolute Gasteiger partial charge is 0.383 e.